The third-order valence-electron chi connectivity index (χ3n) is 2.12. The van der Waals surface area contributed by atoms with Crippen LogP contribution in [0.15, 0.2) is 5.38 Å². The van der Waals surface area contributed by atoms with Gasteiger partial charge in [0.05, 0.1) is 0 Å². The topological polar surface area (TPSA) is 42.1 Å². The van der Waals surface area contributed by atoms with Crippen molar-refractivity contribution in [3.05, 3.63) is 11.1 Å². The van der Waals surface area contributed by atoms with Crippen LogP contribution in [0.25, 0.3) is 0 Å². The van der Waals surface area contributed by atoms with Crippen molar-refractivity contribution < 1.29 is 0 Å². The molecular weight excluding hydrogens is 202 g/mol. The summed E-state index contributed by atoms with van der Waals surface area (Å²) in [6.07, 6.45) is 2.53. The Balaban J connectivity index is 2.16. The minimum atomic E-state index is 0.390. The van der Waals surface area contributed by atoms with Crippen molar-refractivity contribution in [1.82, 2.24) is 4.98 Å². The zero-order chi connectivity index (χ0) is 9.26. The number of nitrogens with zero attached hydrogens (tertiary/aromatic N) is 2. The molecule has 1 aromatic heterocycles. The highest BCUT2D eigenvalue weighted by Crippen LogP contribution is 2.24. The van der Waals surface area contributed by atoms with Gasteiger partial charge in [0.25, 0.3) is 0 Å². The molecule has 3 nitrogen and oxygen atoms in total. The van der Waals surface area contributed by atoms with Gasteiger partial charge in [-0.1, -0.05) is 12.2 Å². The molecule has 0 radical (unpaired) electrons. The van der Waals surface area contributed by atoms with E-state index in [0.717, 1.165) is 23.9 Å². The SMILES string of the molecule is NC(=S)c1csc(N2CCCC2)n1. The molecule has 0 aromatic carbocycles. The van der Waals surface area contributed by atoms with Crippen LogP contribution in [0.5, 0.6) is 0 Å². The molecule has 1 fully saturated rings. The number of nitrogens with two attached hydrogens (primary N) is 1. The Hall–Kier alpha value is -0.680. The van der Waals surface area contributed by atoms with E-state index in [1.165, 1.54) is 12.8 Å². The van der Waals surface area contributed by atoms with E-state index in [1.807, 2.05) is 5.38 Å². The van der Waals surface area contributed by atoms with Crippen LogP contribution in [0.1, 0.15) is 18.5 Å². The summed E-state index contributed by atoms with van der Waals surface area (Å²) in [6.45, 7) is 2.23. The molecule has 1 saturated heterocycles. The Morgan fingerprint density at radius 2 is 2.23 bits per heavy atom. The van der Waals surface area contributed by atoms with Crippen molar-refractivity contribution in [2.75, 3.05) is 18.0 Å². The first-order valence-electron chi connectivity index (χ1n) is 4.27. The molecule has 1 aliphatic heterocycles. The lowest BCUT2D eigenvalue weighted by Gasteiger charge is -2.11. The summed E-state index contributed by atoms with van der Waals surface area (Å²) in [5.74, 6) is 0. The molecule has 0 amide bonds. The summed E-state index contributed by atoms with van der Waals surface area (Å²) in [5, 5.41) is 2.98. The van der Waals surface area contributed by atoms with Gasteiger partial charge in [-0.25, -0.2) is 4.98 Å². The van der Waals surface area contributed by atoms with Gasteiger partial charge < -0.3 is 10.6 Å². The minimum absolute atomic E-state index is 0.390. The van der Waals surface area contributed by atoms with Crippen LogP contribution in [-0.4, -0.2) is 23.1 Å². The van der Waals surface area contributed by atoms with Gasteiger partial charge in [-0.3, -0.25) is 0 Å². The van der Waals surface area contributed by atoms with Crippen molar-refractivity contribution in [1.29, 1.82) is 0 Å². The maximum atomic E-state index is 5.48. The van der Waals surface area contributed by atoms with Crippen LogP contribution in [0.3, 0.4) is 0 Å². The lowest BCUT2D eigenvalue weighted by atomic mass is 10.4. The van der Waals surface area contributed by atoms with Gasteiger partial charge in [-0.2, -0.15) is 0 Å². The van der Waals surface area contributed by atoms with Crippen LogP contribution in [0.2, 0.25) is 0 Å². The maximum Gasteiger partial charge on any atom is 0.185 e. The maximum absolute atomic E-state index is 5.48. The predicted octanol–water partition coefficient (Wildman–Crippen LogP) is 1.38. The van der Waals surface area contributed by atoms with Crippen LogP contribution in [-0.2, 0) is 0 Å². The molecular formula is C8H11N3S2. The fourth-order valence-corrected chi connectivity index (χ4v) is 2.49. The van der Waals surface area contributed by atoms with Gasteiger partial charge in [-0.05, 0) is 12.8 Å². The number of hydrogen-bond donors (Lipinski definition) is 1. The predicted molar refractivity (Wildman–Crippen MR) is 59.4 cm³/mol. The zero-order valence-corrected chi connectivity index (χ0v) is 8.83. The first-order valence-corrected chi connectivity index (χ1v) is 5.56. The number of rotatable bonds is 2. The second kappa shape index (κ2) is 3.59. The third-order valence-corrected chi connectivity index (χ3v) is 3.23. The largest absolute Gasteiger partial charge is 0.388 e. The molecule has 2 heterocycles. The van der Waals surface area contributed by atoms with E-state index >= 15 is 0 Å². The fraction of sp³-hybridized carbons (Fsp3) is 0.500. The molecule has 70 valence electrons. The highest BCUT2D eigenvalue weighted by Gasteiger charge is 2.15. The number of hydrogen-bond acceptors (Lipinski definition) is 4. The molecule has 1 aromatic rings. The van der Waals surface area contributed by atoms with Crippen molar-refractivity contribution >= 4 is 33.7 Å². The molecule has 0 unspecified atom stereocenters. The summed E-state index contributed by atoms with van der Waals surface area (Å²) in [7, 11) is 0. The van der Waals surface area contributed by atoms with Gasteiger partial charge in [0, 0.05) is 18.5 Å². The number of thiocarbonyl (C=S) groups is 1. The van der Waals surface area contributed by atoms with E-state index in [4.69, 9.17) is 18.0 Å². The fourth-order valence-electron chi connectivity index (χ4n) is 1.43. The van der Waals surface area contributed by atoms with Crippen LogP contribution in [0, 0.1) is 0 Å². The van der Waals surface area contributed by atoms with Gasteiger partial charge in [0.2, 0.25) is 0 Å². The van der Waals surface area contributed by atoms with Gasteiger partial charge in [-0.15, -0.1) is 11.3 Å². The summed E-state index contributed by atoms with van der Waals surface area (Å²) in [4.78, 5) is 7.04. The number of thiazole rings is 1. The van der Waals surface area contributed by atoms with E-state index in [2.05, 4.69) is 9.88 Å². The summed E-state index contributed by atoms with van der Waals surface area (Å²) < 4.78 is 0. The first-order chi connectivity index (χ1) is 6.27. The van der Waals surface area contributed by atoms with Crippen molar-refractivity contribution in [2.45, 2.75) is 12.8 Å². The lowest BCUT2D eigenvalue weighted by molar-refractivity contribution is 0.949. The lowest BCUT2D eigenvalue weighted by Crippen LogP contribution is -2.18. The van der Waals surface area contributed by atoms with Gasteiger partial charge >= 0.3 is 0 Å². The average molecular weight is 213 g/mol. The zero-order valence-electron chi connectivity index (χ0n) is 7.19. The second-order valence-electron chi connectivity index (χ2n) is 3.07. The summed E-state index contributed by atoms with van der Waals surface area (Å²) >= 11 is 6.48. The normalized spacial score (nSPS) is 16.5. The number of anilines is 1. The Bertz CT molecular complexity index is 315. The van der Waals surface area contributed by atoms with E-state index < -0.39 is 0 Å². The van der Waals surface area contributed by atoms with E-state index in [-0.39, 0.29) is 0 Å². The molecule has 0 saturated carbocycles. The van der Waals surface area contributed by atoms with Crippen molar-refractivity contribution in [3.8, 4) is 0 Å². The Morgan fingerprint density at radius 1 is 1.54 bits per heavy atom. The molecule has 5 heteroatoms. The Kier molecular flexibility index (Phi) is 2.46. The first kappa shape index (κ1) is 8.90. The monoisotopic (exact) mass is 213 g/mol. The van der Waals surface area contributed by atoms with Crippen LogP contribution >= 0.6 is 23.6 Å². The third kappa shape index (κ3) is 1.81. The second-order valence-corrected chi connectivity index (χ2v) is 4.35. The molecule has 0 atom stereocenters. The Labute approximate surface area is 86.6 Å². The molecule has 13 heavy (non-hydrogen) atoms. The summed E-state index contributed by atoms with van der Waals surface area (Å²) in [6, 6.07) is 0. The van der Waals surface area contributed by atoms with Crippen molar-refractivity contribution in [2.24, 2.45) is 5.73 Å². The van der Waals surface area contributed by atoms with E-state index in [0.29, 0.717) is 4.99 Å². The standard InChI is InChI=1S/C8H11N3S2/c9-7(12)6-5-13-8(10-6)11-3-1-2-4-11/h5H,1-4H2,(H2,9,12). The van der Waals surface area contributed by atoms with Gasteiger partial charge in [0.1, 0.15) is 10.7 Å². The molecule has 2 N–H and O–H groups in total. The number of aromatic nitrogens is 1. The van der Waals surface area contributed by atoms with E-state index in [9.17, 15) is 0 Å². The van der Waals surface area contributed by atoms with Crippen LogP contribution in [0.4, 0.5) is 5.13 Å². The Morgan fingerprint density at radius 3 is 2.77 bits per heavy atom. The van der Waals surface area contributed by atoms with E-state index in [1.54, 1.807) is 11.3 Å². The summed E-state index contributed by atoms with van der Waals surface area (Å²) in [5.41, 5.74) is 6.23. The highest BCUT2D eigenvalue weighted by molar-refractivity contribution is 7.80. The molecule has 0 spiro atoms. The van der Waals surface area contributed by atoms with Gasteiger partial charge in [0.15, 0.2) is 5.13 Å². The van der Waals surface area contributed by atoms with Crippen LogP contribution < -0.4 is 10.6 Å². The molecule has 0 aliphatic carbocycles. The quantitative estimate of drug-likeness (QED) is 0.754. The molecule has 1 aliphatic rings. The minimum Gasteiger partial charge on any atom is -0.388 e. The average Bonchev–Trinajstić information content (AvgIpc) is 2.75. The smallest absolute Gasteiger partial charge is 0.185 e. The van der Waals surface area contributed by atoms with Crippen molar-refractivity contribution in [3.63, 3.8) is 0 Å². The molecule has 2 rings (SSSR count). The molecule has 0 bridgehead atoms. The highest BCUT2D eigenvalue weighted by atomic mass is 32.1.